The van der Waals surface area contributed by atoms with Crippen LogP contribution in [0.4, 0.5) is 0 Å². The van der Waals surface area contributed by atoms with Crippen molar-refractivity contribution < 1.29 is 4.79 Å². The van der Waals surface area contributed by atoms with Gasteiger partial charge in [0.15, 0.2) is 6.17 Å². The van der Waals surface area contributed by atoms with E-state index in [2.05, 4.69) is 32.0 Å². The molecule has 2 fully saturated rings. The molecule has 2 aliphatic heterocycles. The zero-order chi connectivity index (χ0) is 7.84. The molecule has 0 radical (unpaired) electrons. The van der Waals surface area contributed by atoms with Gasteiger partial charge in [-0.25, -0.2) is 10.4 Å². The zero-order valence-corrected chi connectivity index (χ0v) is 7.39. The Balaban J connectivity index is 2.13. The monoisotopic (exact) mass is 220 g/mol. The Morgan fingerprint density at radius 1 is 1.64 bits per heavy atom. The van der Waals surface area contributed by atoms with Crippen molar-refractivity contribution in [3.8, 4) is 0 Å². The fraction of sp³-hybridized carbons (Fsp3) is 0.800. The molecular formula is C5H9BrN4O. The van der Waals surface area contributed by atoms with Gasteiger partial charge in [-0.1, -0.05) is 15.9 Å². The van der Waals surface area contributed by atoms with Gasteiger partial charge in [0, 0.05) is 6.54 Å². The van der Waals surface area contributed by atoms with Crippen LogP contribution in [0, 0.1) is 0 Å². The number of hydrogen-bond acceptors (Lipinski definition) is 4. The summed E-state index contributed by atoms with van der Waals surface area (Å²) in [4.78, 5) is 11.4. The Morgan fingerprint density at radius 3 is 3.18 bits per heavy atom. The lowest BCUT2D eigenvalue weighted by atomic mass is 10.4. The Hall–Kier alpha value is -0.170. The molecule has 0 saturated carbocycles. The van der Waals surface area contributed by atoms with Crippen molar-refractivity contribution in [1.29, 1.82) is 0 Å². The van der Waals surface area contributed by atoms with Crippen LogP contribution in [-0.2, 0) is 4.79 Å². The molecule has 0 aromatic carbocycles. The molecule has 2 aliphatic rings. The number of fused-ring (bicyclic) bond motifs is 1. The minimum absolute atomic E-state index is 0.0331. The summed E-state index contributed by atoms with van der Waals surface area (Å²) in [6.45, 7) is 1.30. The molecule has 1 amide bonds. The highest BCUT2D eigenvalue weighted by atomic mass is 79.9. The summed E-state index contributed by atoms with van der Waals surface area (Å²) >= 11 is 3.43. The van der Waals surface area contributed by atoms with E-state index in [1.54, 1.807) is 0 Å². The van der Waals surface area contributed by atoms with Crippen molar-refractivity contribution in [2.45, 2.75) is 11.1 Å². The Bertz CT molecular complexity index is 187. The van der Waals surface area contributed by atoms with Gasteiger partial charge in [-0.05, 0) is 0 Å². The first-order valence-electron chi connectivity index (χ1n) is 3.46. The third-order valence-corrected chi connectivity index (χ3v) is 2.60. The van der Waals surface area contributed by atoms with E-state index in [-0.39, 0.29) is 17.0 Å². The number of hydrazine groups is 1. The highest BCUT2D eigenvalue weighted by Crippen LogP contribution is 2.14. The molecule has 0 aromatic rings. The predicted molar refractivity (Wildman–Crippen MR) is 42.5 cm³/mol. The molecule has 2 unspecified atom stereocenters. The van der Waals surface area contributed by atoms with Crippen LogP contribution in [0.3, 0.4) is 0 Å². The molecule has 62 valence electrons. The van der Waals surface area contributed by atoms with Crippen LogP contribution in [0.15, 0.2) is 0 Å². The van der Waals surface area contributed by atoms with Gasteiger partial charge in [-0.3, -0.25) is 10.1 Å². The van der Waals surface area contributed by atoms with Gasteiger partial charge >= 0.3 is 0 Å². The van der Waals surface area contributed by atoms with Crippen LogP contribution < -0.4 is 16.1 Å². The molecule has 6 heteroatoms. The summed E-state index contributed by atoms with van der Waals surface area (Å²) in [6, 6.07) is 0. The number of amides is 1. The van der Waals surface area contributed by atoms with E-state index in [1.807, 2.05) is 5.01 Å². The van der Waals surface area contributed by atoms with Crippen molar-refractivity contribution in [3.05, 3.63) is 0 Å². The van der Waals surface area contributed by atoms with Gasteiger partial charge < -0.3 is 5.32 Å². The van der Waals surface area contributed by atoms with Gasteiger partial charge in [0.05, 0.1) is 11.6 Å². The van der Waals surface area contributed by atoms with Crippen molar-refractivity contribution >= 4 is 21.8 Å². The second kappa shape index (κ2) is 2.71. The number of nitrogens with one attached hydrogen (secondary N) is 3. The first-order chi connectivity index (χ1) is 5.29. The van der Waals surface area contributed by atoms with Gasteiger partial charge in [0.25, 0.3) is 5.91 Å². The standard InChI is InChI=1S/C5H9BrN4O/c6-3-1-7-4-5(11)8-2-9-10(3)4/h3-4,7,9H,1-2H2,(H,8,11). The van der Waals surface area contributed by atoms with E-state index in [0.29, 0.717) is 6.67 Å². The Morgan fingerprint density at radius 2 is 2.45 bits per heavy atom. The molecule has 0 aromatic heterocycles. The molecule has 2 saturated heterocycles. The number of carbonyl (C=O) groups excluding carboxylic acids is 1. The Labute approximate surface area is 72.6 Å². The molecule has 5 nitrogen and oxygen atoms in total. The van der Waals surface area contributed by atoms with Crippen LogP contribution in [-0.4, -0.2) is 35.2 Å². The number of nitrogens with zero attached hydrogens (tertiary/aromatic N) is 1. The molecule has 0 bridgehead atoms. The molecule has 3 N–H and O–H groups in total. The van der Waals surface area contributed by atoms with Gasteiger partial charge in [-0.2, -0.15) is 0 Å². The average Bonchev–Trinajstić information content (AvgIpc) is 2.35. The lowest BCUT2D eigenvalue weighted by Crippen LogP contribution is -2.62. The quantitative estimate of drug-likeness (QED) is 0.345. The number of halogens is 1. The fourth-order valence-corrected chi connectivity index (χ4v) is 1.86. The highest BCUT2D eigenvalue weighted by molar-refractivity contribution is 9.09. The topological polar surface area (TPSA) is 56.4 Å². The van der Waals surface area contributed by atoms with E-state index in [4.69, 9.17) is 0 Å². The van der Waals surface area contributed by atoms with E-state index in [9.17, 15) is 4.79 Å². The number of hydrogen-bond donors (Lipinski definition) is 3. The Kier molecular flexibility index (Phi) is 1.84. The predicted octanol–water partition coefficient (Wildman–Crippen LogP) is -1.47. The maximum absolute atomic E-state index is 11.1. The summed E-state index contributed by atoms with van der Waals surface area (Å²) in [5.74, 6) is 0.0331. The second-order valence-corrected chi connectivity index (χ2v) is 3.59. The highest BCUT2D eigenvalue weighted by Gasteiger charge is 2.38. The number of rotatable bonds is 0. The third-order valence-electron chi connectivity index (χ3n) is 1.83. The first-order valence-corrected chi connectivity index (χ1v) is 4.37. The molecular weight excluding hydrogens is 212 g/mol. The molecule has 0 aliphatic carbocycles. The molecule has 2 atom stereocenters. The molecule has 0 spiro atoms. The van der Waals surface area contributed by atoms with Gasteiger partial charge in [0.2, 0.25) is 0 Å². The maximum Gasteiger partial charge on any atom is 0.254 e. The van der Waals surface area contributed by atoms with Crippen LogP contribution in [0.25, 0.3) is 0 Å². The number of carbonyl (C=O) groups is 1. The van der Waals surface area contributed by atoms with E-state index < -0.39 is 0 Å². The SMILES string of the molecule is O=C1NCNN2C(Br)CNC12. The average molecular weight is 221 g/mol. The molecule has 11 heavy (non-hydrogen) atoms. The summed E-state index contributed by atoms with van der Waals surface area (Å²) < 4.78 is 0. The fourth-order valence-electron chi connectivity index (χ4n) is 1.29. The van der Waals surface area contributed by atoms with E-state index in [1.165, 1.54) is 0 Å². The zero-order valence-electron chi connectivity index (χ0n) is 5.80. The van der Waals surface area contributed by atoms with E-state index in [0.717, 1.165) is 6.54 Å². The lowest BCUT2D eigenvalue weighted by molar-refractivity contribution is -0.131. The summed E-state index contributed by atoms with van der Waals surface area (Å²) in [5.41, 5.74) is 3.05. The van der Waals surface area contributed by atoms with Crippen molar-refractivity contribution in [2.24, 2.45) is 0 Å². The van der Waals surface area contributed by atoms with Crippen LogP contribution >= 0.6 is 15.9 Å². The van der Waals surface area contributed by atoms with Crippen LogP contribution in [0.1, 0.15) is 0 Å². The third kappa shape index (κ3) is 1.16. The van der Waals surface area contributed by atoms with Crippen LogP contribution in [0.5, 0.6) is 0 Å². The van der Waals surface area contributed by atoms with Crippen molar-refractivity contribution in [1.82, 2.24) is 21.1 Å². The summed E-state index contributed by atoms with van der Waals surface area (Å²) in [5, 5.41) is 7.64. The van der Waals surface area contributed by atoms with Crippen molar-refractivity contribution in [2.75, 3.05) is 13.2 Å². The molecule has 2 heterocycles. The van der Waals surface area contributed by atoms with Crippen molar-refractivity contribution in [3.63, 3.8) is 0 Å². The smallest absolute Gasteiger partial charge is 0.254 e. The van der Waals surface area contributed by atoms with E-state index >= 15 is 0 Å². The number of alkyl halides is 1. The first kappa shape index (κ1) is 7.48. The maximum atomic E-state index is 11.1. The minimum Gasteiger partial charge on any atom is -0.340 e. The van der Waals surface area contributed by atoms with Gasteiger partial charge in [-0.15, -0.1) is 0 Å². The van der Waals surface area contributed by atoms with Crippen LogP contribution in [0.2, 0.25) is 0 Å². The lowest BCUT2D eigenvalue weighted by Gasteiger charge is -2.30. The summed E-state index contributed by atoms with van der Waals surface area (Å²) in [6.07, 6.45) is -0.215. The molecule has 2 rings (SSSR count). The summed E-state index contributed by atoms with van der Waals surface area (Å²) in [7, 11) is 0. The minimum atomic E-state index is -0.215. The normalized spacial score (nSPS) is 38.5. The largest absolute Gasteiger partial charge is 0.340 e. The van der Waals surface area contributed by atoms with Gasteiger partial charge in [0.1, 0.15) is 0 Å². The second-order valence-electron chi connectivity index (χ2n) is 2.53.